The lowest BCUT2D eigenvalue weighted by molar-refractivity contribution is -0.369. The van der Waals surface area contributed by atoms with Gasteiger partial charge in [0.2, 0.25) is 0 Å². The maximum Gasteiger partial charge on any atom is 0.176 e. The maximum atomic E-state index is 11.1. The third kappa shape index (κ3) is 7.02. The predicted octanol–water partition coefficient (Wildman–Crippen LogP) is -6.36. The Bertz CT molecular complexity index is 801. The molecule has 0 aromatic rings. The molecule has 3 unspecified atom stereocenters. The molecule has 0 amide bonds. The Kier molecular flexibility index (Phi) is 12.6. The molecule has 242 valence electrons. The van der Waals surface area contributed by atoms with Gasteiger partial charge in [0.25, 0.3) is 0 Å². The van der Waals surface area contributed by atoms with Crippen molar-refractivity contribution in [1.82, 2.24) is 0 Å². The van der Waals surface area contributed by atoms with E-state index in [1.54, 1.807) is 0 Å². The highest BCUT2D eigenvalue weighted by Gasteiger charge is 2.58. The highest BCUT2D eigenvalue weighted by atomic mass is 16.7. The van der Waals surface area contributed by atoms with Gasteiger partial charge >= 0.3 is 0 Å². The zero-order valence-corrected chi connectivity index (χ0v) is 22.9. The Morgan fingerprint density at radius 2 is 1.29 bits per heavy atom. The van der Waals surface area contributed by atoms with E-state index in [0.29, 0.717) is 6.42 Å². The molecular formula is C24H47N3O14. The number of aliphatic hydroxyl groups is 9. The van der Waals surface area contributed by atoms with E-state index >= 15 is 0 Å². The van der Waals surface area contributed by atoms with Crippen LogP contribution in [0.1, 0.15) is 32.6 Å². The lowest BCUT2D eigenvalue weighted by Crippen LogP contribution is -2.73. The molecule has 0 saturated carbocycles. The van der Waals surface area contributed by atoms with Crippen LogP contribution < -0.4 is 17.2 Å². The fourth-order valence-corrected chi connectivity index (χ4v) is 5.45. The van der Waals surface area contributed by atoms with Gasteiger partial charge in [-0.2, -0.15) is 0 Å². The summed E-state index contributed by atoms with van der Waals surface area (Å²) in [5.74, 6) is 0. The van der Waals surface area contributed by atoms with E-state index in [0.717, 1.165) is 12.8 Å². The molecule has 0 aliphatic carbocycles. The first-order valence-electron chi connectivity index (χ1n) is 13.9. The summed E-state index contributed by atoms with van der Waals surface area (Å²) in [6.07, 6.45) is -15.9. The Morgan fingerprint density at radius 3 is 1.85 bits per heavy atom. The average molecular weight is 602 g/mol. The maximum absolute atomic E-state index is 11.1. The molecule has 0 spiro atoms. The minimum absolute atomic E-state index is 0.130. The molecule has 3 aliphatic rings. The van der Waals surface area contributed by atoms with E-state index in [-0.39, 0.29) is 6.42 Å². The van der Waals surface area contributed by atoms with Crippen LogP contribution in [0.3, 0.4) is 0 Å². The van der Waals surface area contributed by atoms with E-state index in [1.165, 1.54) is 0 Å². The number of nitrogens with two attached hydrogens (primary N) is 3. The van der Waals surface area contributed by atoms with Gasteiger partial charge in [-0.25, -0.2) is 0 Å². The van der Waals surface area contributed by atoms with Crippen LogP contribution in [0.25, 0.3) is 0 Å². The van der Waals surface area contributed by atoms with Crippen LogP contribution in [0.15, 0.2) is 0 Å². The summed E-state index contributed by atoms with van der Waals surface area (Å²) >= 11 is 0. The monoisotopic (exact) mass is 601 g/mol. The summed E-state index contributed by atoms with van der Waals surface area (Å²) in [5.41, 5.74) is 15.9. The molecule has 15 N–H and O–H groups in total. The van der Waals surface area contributed by atoms with Crippen LogP contribution in [0.5, 0.6) is 0 Å². The second-order valence-corrected chi connectivity index (χ2v) is 10.9. The first-order valence-corrected chi connectivity index (χ1v) is 13.9. The summed E-state index contributed by atoms with van der Waals surface area (Å²) < 4.78 is 28.2. The van der Waals surface area contributed by atoms with Crippen molar-refractivity contribution in [2.24, 2.45) is 17.2 Å². The molecule has 16 atom stereocenters. The van der Waals surface area contributed by atoms with Crippen molar-refractivity contribution >= 4 is 0 Å². The zero-order chi connectivity index (χ0) is 30.6. The van der Waals surface area contributed by atoms with Crippen molar-refractivity contribution in [3.8, 4) is 0 Å². The Balaban J connectivity index is 1.77. The van der Waals surface area contributed by atoms with Crippen molar-refractivity contribution in [2.75, 3.05) is 19.8 Å². The van der Waals surface area contributed by atoms with Crippen molar-refractivity contribution in [3.05, 3.63) is 0 Å². The first kappa shape index (κ1) is 34.8. The molecule has 0 aromatic carbocycles. The van der Waals surface area contributed by atoms with Gasteiger partial charge in [0, 0.05) is 0 Å². The molecule has 0 bridgehead atoms. The highest BCUT2D eigenvalue weighted by molar-refractivity contribution is 5.06. The van der Waals surface area contributed by atoms with Crippen LogP contribution in [0.2, 0.25) is 0 Å². The third-order valence-electron chi connectivity index (χ3n) is 8.16. The number of aliphatic hydroxyl groups excluding tert-OH is 9. The van der Waals surface area contributed by atoms with Crippen molar-refractivity contribution in [2.45, 2.75) is 130 Å². The first-order chi connectivity index (χ1) is 19.4. The number of ether oxygens (including phenoxy) is 5. The molecule has 3 fully saturated rings. The third-order valence-corrected chi connectivity index (χ3v) is 8.16. The lowest BCUT2D eigenvalue weighted by Gasteiger charge is -2.52. The molecule has 0 radical (unpaired) electrons. The SMILES string of the molecule is CCCCCC(O)[C@@]1(CO)O[C@H](OC2[C@@H](CO)O[C@@H](OC3[C@@H](CO)O[C@@H](O)[C@H](N)[C@H]3O)[C@H](N)[C@H]2O)[C@H](N)[C@@H](O)[C@@H]1O. The number of rotatable bonds is 12. The smallest absolute Gasteiger partial charge is 0.176 e. The Hall–Kier alpha value is -0.680. The molecule has 41 heavy (non-hydrogen) atoms. The molecule has 3 saturated heterocycles. The fraction of sp³-hybridized carbons (Fsp3) is 1.00. The van der Waals surface area contributed by atoms with E-state index in [9.17, 15) is 46.0 Å². The molecule has 0 aromatic heterocycles. The topological polar surface area (TPSA) is 306 Å². The van der Waals surface area contributed by atoms with E-state index < -0.39 is 117 Å². The molecular weight excluding hydrogens is 554 g/mol. The average Bonchev–Trinajstić information content (AvgIpc) is 2.96. The second-order valence-electron chi connectivity index (χ2n) is 10.9. The number of hydrogen-bond donors (Lipinski definition) is 12. The largest absolute Gasteiger partial charge is 0.394 e. The zero-order valence-electron chi connectivity index (χ0n) is 22.9. The molecule has 17 nitrogen and oxygen atoms in total. The van der Waals surface area contributed by atoms with Gasteiger partial charge in [-0.15, -0.1) is 0 Å². The van der Waals surface area contributed by atoms with Crippen LogP contribution in [0.4, 0.5) is 0 Å². The standard InChI is InChI=1S/C24H47N3O14/c1-2-3-4-5-11(31)24(8-30)20(35)17(34)14(27)23(41-24)40-19-10(7-29)38-22(13(26)16(19)33)39-18-9(6-28)37-21(36)12(25)15(18)32/h9-23,28-36H,2-8,25-27H2,1H3/t9-,10-,11?,12-,13-,14-,15-,16-,17-,18?,19?,20+,21-,22+,23+,24-/m1/s1. The summed E-state index contributed by atoms with van der Waals surface area (Å²) in [4.78, 5) is 0. The summed E-state index contributed by atoms with van der Waals surface area (Å²) in [6.45, 7) is -0.370. The quantitative estimate of drug-likeness (QED) is 0.0925. The Morgan fingerprint density at radius 1 is 0.756 bits per heavy atom. The van der Waals surface area contributed by atoms with Gasteiger partial charge in [-0.3, -0.25) is 0 Å². The van der Waals surface area contributed by atoms with Gasteiger partial charge in [0.1, 0.15) is 54.4 Å². The summed E-state index contributed by atoms with van der Waals surface area (Å²) in [6, 6.07) is -4.11. The van der Waals surface area contributed by atoms with Gasteiger partial charge in [0.15, 0.2) is 18.9 Å². The van der Waals surface area contributed by atoms with Crippen LogP contribution in [0, 0.1) is 0 Å². The minimum Gasteiger partial charge on any atom is -0.394 e. The number of unbranched alkanes of at least 4 members (excludes halogenated alkanes) is 2. The lowest BCUT2D eigenvalue weighted by atomic mass is 9.80. The van der Waals surface area contributed by atoms with Crippen molar-refractivity contribution < 1.29 is 69.6 Å². The molecule has 3 aliphatic heterocycles. The summed E-state index contributed by atoms with van der Waals surface area (Å²) in [5, 5.41) is 93.5. The van der Waals surface area contributed by atoms with Crippen LogP contribution in [-0.4, -0.2) is 163 Å². The predicted molar refractivity (Wildman–Crippen MR) is 136 cm³/mol. The van der Waals surface area contributed by atoms with Gasteiger partial charge in [-0.1, -0.05) is 26.2 Å². The fourth-order valence-electron chi connectivity index (χ4n) is 5.45. The van der Waals surface area contributed by atoms with Crippen LogP contribution in [-0.2, 0) is 23.7 Å². The number of hydrogen-bond acceptors (Lipinski definition) is 17. The molecule has 3 rings (SSSR count). The van der Waals surface area contributed by atoms with Crippen LogP contribution >= 0.6 is 0 Å². The molecule has 3 heterocycles. The van der Waals surface area contributed by atoms with Gasteiger partial charge < -0.3 is 86.8 Å². The molecule has 17 heteroatoms. The normalized spacial score (nSPS) is 48.2. The highest BCUT2D eigenvalue weighted by Crippen LogP contribution is 2.37. The summed E-state index contributed by atoms with van der Waals surface area (Å²) in [7, 11) is 0. The Labute approximate surface area is 237 Å². The van der Waals surface area contributed by atoms with Gasteiger partial charge in [0.05, 0.1) is 44.1 Å². The van der Waals surface area contributed by atoms with E-state index in [1.807, 2.05) is 6.92 Å². The minimum atomic E-state index is -2.07. The van der Waals surface area contributed by atoms with Crippen molar-refractivity contribution in [3.63, 3.8) is 0 Å². The second kappa shape index (κ2) is 14.9. The van der Waals surface area contributed by atoms with Gasteiger partial charge in [-0.05, 0) is 6.42 Å². The van der Waals surface area contributed by atoms with E-state index in [4.69, 9.17) is 40.9 Å². The van der Waals surface area contributed by atoms with Crippen molar-refractivity contribution in [1.29, 1.82) is 0 Å². The van der Waals surface area contributed by atoms with E-state index in [2.05, 4.69) is 0 Å².